The number of carbonyl (C=O) groups excluding carboxylic acids is 1. The van der Waals surface area contributed by atoms with Gasteiger partial charge in [0.2, 0.25) is 0 Å². The van der Waals surface area contributed by atoms with E-state index in [-0.39, 0.29) is 5.76 Å². The van der Waals surface area contributed by atoms with Crippen molar-refractivity contribution in [3.63, 3.8) is 0 Å². The van der Waals surface area contributed by atoms with Crippen LogP contribution in [0.25, 0.3) is 0 Å². The zero-order valence-corrected chi connectivity index (χ0v) is 11.9. The van der Waals surface area contributed by atoms with E-state index in [0.29, 0.717) is 6.54 Å². The lowest BCUT2D eigenvalue weighted by Gasteiger charge is -2.24. The Morgan fingerprint density at radius 1 is 1.35 bits per heavy atom. The predicted octanol–water partition coefficient (Wildman–Crippen LogP) is 2.46. The third kappa shape index (κ3) is 4.29. The van der Waals surface area contributed by atoms with Crippen molar-refractivity contribution in [2.45, 2.75) is 45.1 Å². The number of urea groups is 1. The molecule has 1 aromatic heterocycles. The maximum atomic E-state index is 11.8. The van der Waals surface area contributed by atoms with Gasteiger partial charge in [-0.15, -0.1) is 0 Å². The van der Waals surface area contributed by atoms with Crippen LogP contribution in [0.5, 0.6) is 0 Å². The van der Waals surface area contributed by atoms with Crippen molar-refractivity contribution >= 4 is 12.0 Å². The van der Waals surface area contributed by atoms with E-state index in [1.54, 1.807) is 6.07 Å². The average molecular weight is 282 g/mol. The SMILES string of the molecule is CCCCCCNC(=O)NC(C)(C(=O)O)c1ccco1. The third-order valence-corrected chi connectivity index (χ3v) is 3.12. The van der Waals surface area contributed by atoms with Gasteiger partial charge in [-0.05, 0) is 25.5 Å². The molecule has 1 aromatic rings. The van der Waals surface area contributed by atoms with Crippen LogP contribution in [-0.4, -0.2) is 23.7 Å². The first-order valence-corrected chi connectivity index (χ1v) is 6.84. The Balaban J connectivity index is 2.51. The number of unbranched alkanes of at least 4 members (excludes halogenated alkanes) is 3. The Labute approximate surface area is 118 Å². The lowest BCUT2D eigenvalue weighted by atomic mass is 9.99. The van der Waals surface area contributed by atoms with Crippen molar-refractivity contribution in [1.82, 2.24) is 10.6 Å². The Morgan fingerprint density at radius 3 is 2.65 bits per heavy atom. The van der Waals surface area contributed by atoms with E-state index < -0.39 is 17.5 Å². The van der Waals surface area contributed by atoms with Crippen LogP contribution < -0.4 is 10.6 Å². The molecule has 1 heterocycles. The van der Waals surface area contributed by atoms with Crippen molar-refractivity contribution in [3.05, 3.63) is 24.2 Å². The summed E-state index contributed by atoms with van der Waals surface area (Å²) in [4.78, 5) is 23.1. The fourth-order valence-corrected chi connectivity index (χ4v) is 1.81. The molecule has 1 rings (SSSR count). The molecule has 112 valence electrons. The van der Waals surface area contributed by atoms with Gasteiger partial charge in [0.1, 0.15) is 5.76 Å². The minimum absolute atomic E-state index is 0.186. The summed E-state index contributed by atoms with van der Waals surface area (Å²) in [5, 5.41) is 14.4. The highest BCUT2D eigenvalue weighted by Crippen LogP contribution is 2.21. The van der Waals surface area contributed by atoms with Crippen LogP contribution in [0.4, 0.5) is 4.79 Å². The topological polar surface area (TPSA) is 91.6 Å². The molecule has 20 heavy (non-hydrogen) atoms. The van der Waals surface area contributed by atoms with Crippen LogP contribution in [0.1, 0.15) is 45.3 Å². The van der Waals surface area contributed by atoms with Gasteiger partial charge in [0, 0.05) is 6.54 Å². The third-order valence-electron chi connectivity index (χ3n) is 3.12. The fraction of sp³-hybridized carbons (Fsp3) is 0.571. The van der Waals surface area contributed by atoms with E-state index in [1.807, 2.05) is 0 Å². The van der Waals surface area contributed by atoms with Crippen LogP contribution in [0.15, 0.2) is 22.8 Å². The highest BCUT2D eigenvalue weighted by molar-refractivity contribution is 5.86. The molecule has 2 amide bonds. The maximum absolute atomic E-state index is 11.8. The molecule has 1 atom stereocenters. The second-order valence-electron chi connectivity index (χ2n) is 4.85. The van der Waals surface area contributed by atoms with Gasteiger partial charge in [0.15, 0.2) is 5.54 Å². The molecule has 0 aliphatic rings. The number of aliphatic carboxylic acids is 1. The Morgan fingerprint density at radius 2 is 2.10 bits per heavy atom. The monoisotopic (exact) mass is 282 g/mol. The normalized spacial score (nSPS) is 13.5. The maximum Gasteiger partial charge on any atom is 0.337 e. The minimum Gasteiger partial charge on any atom is -0.479 e. The molecular formula is C14H22N2O4. The Hall–Kier alpha value is -1.98. The number of rotatable bonds is 8. The smallest absolute Gasteiger partial charge is 0.337 e. The van der Waals surface area contributed by atoms with E-state index >= 15 is 0 Å². The van der Waals surface area contributed by atoms with Crippen molar-refractivity contribution < 1.29 is 19.1 Å². The number of carboxylic acid groups (broad SMARTS) is 1. The summed E-state index contributed by atoms with van der Waals surface area (Å²) in [6.45, 7) is 4.03. The second kappa shape index (κ2) is 7.57. The van der Waals surface area contributed by atoms with Crippen LogP contribution in [0, 0.1) is 0 Å². The van der Waals surface area contributed by atoms with E-state index in [1.165, 1.54) is 19.3 Å². The lowest BCUT2D eigenvalue weighted by Crippen LogP contribution is -2.52. The van der Waals surface area contributed by atoms with E-state index in [4.69, 9.17) is 4.42 Å². The zero-order valence-electron chi connectivity index (χ0n) is 11.9. The van der Waals surface area contributed by atoms with Crippen molar-refractivity contribution in [2.75, 3.05) is 6.54 Å². The van der Waals surface area contributed by atoms with Gasteiger partial charge in [-0.3, -0.25) is 0 Å². The van der Waals surface area contributed by atoms with Crippen LogP contribution in [-0.2, 0) is 10.3 Å². The summed E-state index contributed by atoms with van der Waals surface area (Å²) in [6.07, 6.45) is 5.56. The molecule has 6 heteroatoms. The van der Waals surface area contributed by atoms with Crippen LogP contribution in [0.3, 0.4) is 0 Å². The fourth-order valence-electron chi connectivity index (χ4n) is 1.81. The van der Waals surface area contributed by atoms with Gasteiger partial charge in [0.25, 0.3) is 0 Å². The van der Waals surface area contributed by atoms with Gasteiger partial charge in [0.05, 0.1) is 6.26 Å². The largest absolute Gasteiger partial charge is 0.479 e. The van der Waals surface area contributed by atoms with Crippen molar-refractivity contribution in [1.29, 1.82) is 0 Å². The number of nitrogens with one attached hydrogen (secondary N) is 2. The predicted molar refractivity (Wildman–Crippen MR) is 74.4 cm³/mol. The molecule has 0 radical (unpaired) electrons. The molecule has 0 spiro atoms. The molecule has 6 nitrogen and oxygen atoms in total. The summed E-state index contributed by atoms with van der Waals surface area (Å²) in [6, 6.07) is 2.60. The first-order valence-electron chi connectivity index (χ1n) is 6.84. The quantitative estimate of drug-likeness (QED) is 0.639. The number of hydrogen-bond donors (Lipinski definition) is 3. The van der Waals surface area contributed by atoms with Crippen LogP contribution >= 0.6 is 0 Å². The molecule has 3 N–H and O–H groups in total. The number of carbonyl (C=O) groups is 2. The highest BCUT2D eigenvalue weighted by Gasteiger charge is 2.39. The molecule has 0 aliphatic carbocycles. The van der Waals surface area contributed by atoms with Gasteiger partial charge >= 0.3 is 12.0 Å². The summed E-state index contributed by atoms with van der Waals surface area (Å²) < 4.78 is 5.10. The molecule has 0 saturated carbocycles. The molecule has 0 bridgehead atoms. The number of amides is 2. The van der Waals surface area contributed by atoms with Crippen LogP contribution in [0.2, 0.25) is 0 Å². The second-order valence-corrected chi connectivity index (χ2v) is 4.85. The lowest BCUT2D eigenvalue weighted by molar-refractivity contribution is -0.144. The van der Waals surface area contributed by atoms with E-state index in [0.717, 1.165) is 25.7 Å². The van der Waals surface area contributed by atoms with Gasteiger partial charge in [-0.1, -0.05) is 26.2 Å². The molecular weight excluding hydrogens is 260 g/mol. The summed E-state index contributed by atoms with van der Waals surface area (Å²) in [7, 11) is 0. The summed E-state index contributed by atoms with van der Waals surface area (Å²) in [5.41, 5.74) is -1.57. The summed E-state index contributed by atoms with van der Waals surface area (Å²) in [5.74, 6) is -0.986. The van der Waals surface area contributed by atoms with Gasteiger partial charge < -0.3 is 20.2 Å². The molecule has 0 aromatic carbocycles. The number of hydrogen-bond acceptors (Lipinski definition) is 3. The molecule has 0 saturated heterocycles. The van der Waals surface area contributed by atoms with Gasteiger partial charge in [-0.25, -0.2) is 9.59 Å². The Bertz CT molecular complexity index is 430. The van der Waals surface area contributed by atoms with Crippen molar-refractivity contribution in [2.24, 2.45) is 0 Å². The number of furan rings is 1. The average Bonchev–Trinajstić information content (AvgIpc) is 2.92. The van der Waals surface area contributed by atoms with Gasteiger partial charge in [-0.2, -0.15) is 0 Å². The Kier molecular flexibility index (Phi) is 6.09. The number of carboxylic acids is 1. The first-order chi connectivity index (χ1) is 9.50. The molecule has 0 fully saturated rings. The van der Waals surface area contributed by atoms with E-state index in [9.17, 15) is 14.7 Å². The van der Waals surface area contributed by atoms with E-state index in [2.05, 4.69) is 17.6 Å². The zero-order chi connectivity index (χ0) is 15.0. The molecule has 1 unspecified atom stereocenters. The molecule has 0 aliphatic heterocycles. The minimum atomic E-state index is -1.57. The summed E-state index contributed by atoms with van der Waals surface area (Å²) >= 11 is 0. The standard InChI is InChI=1S/C14H22N2O4/c1-3-4-5-6-9-15-13(19)16-14(2,12(17)18)11-8-7-10-20-11/h7-8,10H,3-6,9H2,1-2H3,(H,17,18)(H2,15,16,19). The first kappa shape index (κ1) is 16.1. The highest BCUT2D eigenvalue weighted by atomic mass is 16.4. The van der Waals surface area contributed by atoms with Crippen molar-refractivity contribution in [3.8, 4) is 0 Å².